The van der Waals surface area contributed by atoms with Gasteiger partial charge in [0, 0.05) is 19.0 Å². The third kappa shape index (κ3) is 7.16. The SMILES string of the molecule is Cc1ccc(C(CC(=O)O)c2cc(CCCN(C)C)c(F)cc2C)cc1CN1CCOc2ccccc2S1. The smallest absolute Gasteiger partial charge is 0.304 e. The molecule has 7 heteroatoms. The number of aliphatic carboxylic acids is 1. The summed E-state index contributed by atoms with van der Waals surface area (Å²) in [5.74, 6) is -0.544. The van der Waals surface area contributed by atoms with Crippen LogP contribution in [0, 0.1) is 19.7 Å². The highest BCUT2D eigenvalue weighted by atomic mass is 32.2. The topological polar surface area (TPSA) is 53.0 Å². The number of fused-ring (bicyclic) bond motifs is 1. The first-order valence-corrected chi connectivity index (χ1v) is 13.9. The lowest BCUT2D eigenvalue weighted by atomic mass is 9.83. The van der Waals surface area contributed by atoms with E-state index < -0.39 is 5.97 Å². The molecule has 0 saturated heterocycles. The number of hydrogen-bond acceptors (Lipinski definition) is 5. The molecule has 0 aliphatic carbocycles. The van der Waals surface area contributed by atoms with Gasteiger partial charge in [-0.15, -0.1) is 0 Å². The molecular weight excluding hydrogens is 499 g/mol. The highest BCUT2D eigenvalue weighted by molar-refractivity contribution is 7.97. The Hall–Kier alpha value is -2.87. The molecule has 1 unspecified atom stereocenters. The Morgan fingerprint density at radius 3 is 2.66 bits per heavy atom. The number of carboxylic acid groups (broad SMARTS) is 1. The zero-order valence-electron chi connectivity index (χ0n) is 22.7. The average Bonchev–Trinajstić information content (AvgIpc) is 3.07. The maximum absolute atomic E-state index is 14.9. The number of carbonyl (C=O) groups is 1. The van der Waals surface area contributed by atoms with Gasteiger partial charge in [0.1, 0.15) is 18.2 Å². The van der Waals surface area contributed by atoms with E-state index in [-0.39, 0.29) is 18.2 Å². The second-order valence-electron chi connectivity index (χ2n) is 10.3. The molecule has 0 bridgehead atoms. The van der Waals surface area contributed by atoms with Gasteiger partial charge in [0.2, 0.25) is 0 Å². The Bertz CT molecular complexity index is 1280. The highest BCUT2D eigenvalue weighted by Crippen LogP contribution is 2.37. The zero-order chi connectivity index (χ0) is 27.2. The third-order valence-electron chi connectivity index (χ3n) is 7.04. The van der Waals surface area contributed by atoms with Crippen molar-refractivity contribution in [1.82, 2.24) is 9.21 Å². The van der Waals surface area contributed by atoms with E-state index >= 15 is 0 Å². The molecule has 0 aromatic heterocycles. The second kappa shape index (κ2) is 12.8. The molecule has 0 radical (unpaired) electrons. The van der Waals surface area contributed by atoms with E-state index in [1.165, 1.54) is 0 Å². The van der Waals surface area contributed by atoms with Crippen LogP contribution in [0.3, 0.4) is 0 Å². The summed E-state index contributed by atoms with van der Waals surface area (Å²) in [5.41, 5.74) is 5.56. The molecule has 0 saturated carbocycles. The van der Waals surface area contributed by atoms with Crippen molar-refractivity contribution in [1.29, 1.82) is 0 Å². The van der Waals surface area contributed by atoms with Crippen LogP contribution in [-0.2, 0) is 17.8 Å². The van der Waals surface area contributed by atoms with E-state index in [2.05, 4.69) is 34.3 Å². The third-order valence-corrected chi connectivity index (χ3v) is 8.14. The van der Waals surface area contributed by atoms with Gasteiger partial charge in [-0.05, 0) is 111 Å². The minimum Gasteiger partial charge on any atom is -0.491 e. The van der Waals surface area contributed by atoms with Gasteiger partial charge in [-0.25, -0.2) is 8.70 Å². The van der Waals surface area contributed by atoms with E-state index in [9.17, 15) is 14.3 Å². The molecular formula is C31H37FN2O3S. The number of carboxylic acids is 1. The lowest BCUT2D eigenvalue weighted by molar-refractivity contribution is -0.137. The molecule has 1 N–H and O–H groups in total. The fourth-order valence-corrected chi connectivity index (χ4v) is 5.94. The van der Waals surface area contributed by atoms with Crippen molar-refractivity contribution in [2.24, 2.45) is 0 Å². The molecule has 1 aliphatic heterocycles. The summed E-state index contributed by atoms with van der Waals surface area (Å²) < 4.78 is 23.1. The fourth-order valence-electron chi connectivity index (χ4n) is 4.94. The molecule has 3 aromatic rings. The van der Waals surface area contributed by atoms with E-state index in [4.69, 9.17) is 4.74 Å². The van der Waals surface area contributed by atoms with Gasteiger partial charge in [-0.2, -0.15) is 0 Å². The van der Waals surface area contributed by atoms with Gasteiger partial charge in [-0.1, -0.05) is 36.4 Å². The quantitative estimate of drug-likeness (QED) is 0.301. The van der Waals surface area contributed by atoms with Crippen molar-refractivity contribution in [2.75, 3.05) is 33.8 Å². The van der Waals surface area contributed by atoms with E-state index in [0.717, 1.165) is 58.0 Å². The number of aryl methyl sites for hydroxylation is 3. The van der Waals surface area contributed by atoms with Crippen molar-refractivity contribution in [2.45, 2.75) is 50.5 Å². The summed E-state index contributed by atoms with van der Waals surface area (Å²) in [6.07, 6.45) is 1.41. The molecule has 1 atom stereocenters. The van der Waals surface area contributed by atoms with Crippen LogP contribution in [0.25, 0.3) is 0 Å². The van der Waals surface area contributed by atoms with Crippen molar-refractivity contribution in [3.05, 3.63) is 93.8 Å². The normalized spacial score (nSPS) is 14.6. The molecule has 1 aliphatic rings. The molecule has 0 spiro atoms. The zero-order valence-corrected chi connectivity index (χ0v) is 23.5. The molecule has 0 fully saturated rings. The van der Waals surface area contributed by atoms with Crippen LogP contribution in [0.1, 0.15) is 52.1 Å². The number of halogens is 1. The predicted octanol–water partition coefficient (Wildman–Crippen LogP) is 6.45. The number of rotatable bonds is 10. The first-order chi connectivity index (χ1) is 18.2. The van der Waals surface area contributed by atoms with Gasteiger partial charge in [0.05, 0.1) is 11.3 Å². The number of hydrogen-bond donors (Lipinski definition) is 1. The van der Waals surface area contributed by atoms with Gasteiger partial charge in [0.15, 0.2) is 0 Å². The number of benzene rings is 3. The minimum atomic E-state index is -0.869. The molecule has 202 valence electrons. The summed E-state index contributed by atoms with van der Waals surface area (Å²) in [6.45, 7) is 6.92. The standard InChI is InChI=1S/C31H37FN2O3S/c1-21-11-12-23(17-25(21)20-34-14-15-37-29-9-5-6-10-30(29)38-34)27(19-31(35)36)26-18-24(8-7-13-33(3)4)28(32)16-22(26)2/h5-6,9-12,16-18,27H,7-8,13-15,19-20H2,1-4H3,(H,35,36). The summed E-state index contributed by atoms with van der Waals surface area (Å²) in [5, 5.41) is 9.83. The highest BCUT2D eigenvalue weighted by Gasteiger charge is 2.23. The van der Waals surface area contributed by atoms with E-state index in [1.54, 1.807) is 18.0 Å². The number of ether oxygens (including phenoxy) is 1. The summed E-state index contributed by atoms with van der Waals surface area (Å²) in [6, 6.07) is 17.7. The Balaban J connectivity index is 1.63. The lowest BCUT2D eigenvalue weighted by Crippen LogP contribution is -2.20. The van der Waals surface area contributed by atoms with Crippen LogP contribution in [0.4, 0.5) is 4.39 Å². The maximum atomic E-state index is 14.9. The fraction of sp³-hybridized carbons (Fsp3) is 0.387. The Morgan fingerprint density at radius 2 is 1.89 bits per heavy atom. The van der Waals surface area contributed by atoms with Crippen molar-refractivity contribution >= 4 is 17.9 Å². The summed E-state index contributed by atoms with van der Waals surface area (Å²) >= 11 is 1.69. The summed E-state index contributed by atoms with van der Waals surface area (Å²) in [4.78, 5) is 15.2. The van der Waals surface area contributed by atoms with Crippen LogP contribution < -0.4 is 4.74 Å². The van der Waals surface area contributed by atoms with Crippen molar-refractivity contribution in [3.8, 4) is 5.75 Å². The number of nitrogens with zero attached hydrogens (tertiary/aromatic N) is 2. The second-order valence-corrected chi connectivity index (χ2v) is 11.4. The van der Waals surface area contributed by atoms with Crippen LogP contribution in [0.15, 0.2) is 59.5 Å². The Kier molecular flexibility index (Phi) is 9.47. The molecule has 4 rings (SSSR count). The largest absolute Gasteiger partial charge is 0.491 e. The monoisotopic (exact) mass is 536 g/mol. The first-order valence-electron chi connectivity index (χ1n) is 13.1. The van der Waals surface area contributed by atoms with Gasteiger partial charge in [0.25, 0.3) is 0 Å². The van der Waals surface area contributed by atoms with Gasteiger partial charge >= 0.3 is 5.97 Å². The number of para-hydroxylation sites is 1. The Labute approximate surface area is 229 Å². The maximum Gasteiger partial charge on any atom is 0.304 e. The van der Waals surface area contributed by atoms with Crippen LogP contribution in [0.5, 0.6) is 5.75 Å². The van der Waals surface area contributed by atoms with Gasteiger partial charge < -0.3 is 14.7 Å². The van der Waals surface area contributed by atoms with Crippen LogP contribution >= 0.6 is 11.9 Å². The Morgan fingerprint density at radius 1 is 1.11 bits per heavy atom. The van der Waals surface area contributed by atoms with E-state index in [0.29, 0.717) is 25.1 Å². The molecule has 1 heterocycles. The van der Waals surface area contributed by atoms with Crippen molar-refractivity contribution < 1.29 is 19.0 Å². The molecule has 3 aromatic carbocycles. The lowest BCUT2D eigenvalue weighted by Gasteiger charge is -2.23. The van der Waals surface area contributed by atoms with Crippen LogP contribution in [-0.4, -0.2) is 54.1 Å². The van der Waals surface area contributed by atoms with Crippen molar-refractivity contribution in [3.63, 3.8) is 0 Å². The van der Waals surface area contributed by atoms with E-state index in [1.807, 2.05) is 51.4 Å². The van der Waals surface area contributed by atoms with Gasteiger partial charge in [-0.3, -0.25) is 4.79 Å². The minimum absolute atomic E-state index is 0.0498. The molecule has 5 nitrogen and oxygen atoms in total. The predicted molar refractivity (Wildman–Crippen MR) is 151 cm³/mol. The van der Waals surface area contributed by atoms with Crippen LogP contribution in [0.2, 0.25) is 0 Å². The average molecular weight is 537 g/mol. The summed E-state index contributed by atoms with van der Waals surface area (Å²) in [7, 11) is 4.01. The molecule has 0 amide bonds. The molecule has 38 heavy (non-hydrogen) atoms. The first kappa shape index (κ1) is 28.1.